The normalized spacial score (nSPS) is 10.4. The number of carbonyl (C=O) groups excluding carboxylic acids is 1. The van der Waals surface area contributed by atoms with E-state index < -0.39 is 0 Å². The van der Waals surface area contributed by atoms with Crippen LogP contribution in [0.15, 0.2) is 42.9 Å². The first kappa shape index (κ1) is 10.5. The van der Waals surface area contributed by atoms with Crippen LogP contribution >= 0.6 is 0 Å². The van der Waals surface area contributed by atoms with Crippen LogP contribution in [0.3, 0.4) is 0 Å². The lowest BCUT2D eigenvalue weighted by Gasteiger charge is -2.00. The summed E-state index contributed by atoms with van der Waals surface area (Å²) in [6, 6.07) is 7.65. The molecule has 3 heterocycles. The van der Waals surface area contributed by atoms with Crippen LogP contribution in [0.4, 0.5) is 5.69 Å². The van der Waals surface area contributed by atoms with E-state index in [4.69, 9.17) is 0 Å². The van der Waals surface area contributed by atoms with Gasteiger partial charge in [0.05, 0.1) is 11.4 Å². The van der Waals surface area contributed by atoms with Crippen molar-refractivity contribution in [1.82, 2.24) is 15.0 Å². The van der Waals surface area contributed by atoms with Gasteiger partial charge in [0.15, 0.2) is 0 Å². The van der Waals surface area contributed by atoms with Gasteiger partial charge in [-0.2, -0.15) is 0 Å². The fraction of sp³-hybridized carbons (Fsp3) is 0. The van der Waals surface area contributed by atoms with Crippen LogP contribution < -0.4 is 5.32 Å². The van der Waals surface area contributed by atoms with Crippen LogP contribution in [0.1, 0.15) is 0 Å². The van der Waals surface area contributed by atoms with Crippen LogP contribution in [-0.2, 0) is 4.79 Å². The maximum Gasteiger partial charge on any atom is 0.211 e. The largest absolute Gasteiger partial charge is 0.344 e. The standard InChI is InChI=1S/C13H10N4O/c18-8-16-12-7-15-13-10(12)3-4-11(17-13)9-2-1-5-14-6-9/h1-8H,(H,15,17)(H,16,18). The second kappa shape index (κ2) is 4.29. The van der Waals surface area contributed by atoms with Crippen molar-refractivity contribution in [1.29, 1.82) is 0 Å². The maximum absolute atomic E-state index is 10.5. The minimum absolute atomic E-state index is 0.650. The Kier molecular flexibility index (Phi) is 2.49. The summed E-state index contributed by atoms with van der Waals surface area (Å²) in [6.07, 6.45) is 5.86. The Morgan fingerprint density at radius 1 is 1.28 bits per heavy atom. The topological polar surface area (TPSA) is 70.7 Å². The Labute approximate surface area is 103 Å². The highest BCUT2D eigenvalue weighted by molar-refractivity contribution is 5.95. The molecule has 0 aliphatic rings. The summed E-state index contributed by atoms with van der Waals surface area (Å²) in [5.74, 6) is 0. The van der Waals surface area contributed by atoms with Gasteiger partial charge in [-0.15, -0.1) is 0 Å². The summed E-state index contributed by atoms with van der Waals surface area (Å²) >= 11 is 0. The molecule has 0 radical (unpaired) electrons. The van der Waals surface area contributed by atoms with Crippen molar-refractivity contribution in [2.24, 2.45) is 0 Å². The number of H-pyrrole nitrogens is 1. The Bertz CT molecular complexity index is 691. The first-order valence-corrected chi connectivity index (χ1v) is 5.47. The minimum Gasteiger partial charge on any atom is -0.344 e. The smallest absolute Gasteiger partial charge is 0.211 e. The highest BCUT2D eigenvalue weighted by Crippen LogP contribution is 2.24. The van der Waals surface area contributed by atoms with E-state index in [0.29, 0.717) is 6.41 Å². The Morgan fingerprint density at radius 3 is 3.00 bits per heavy atom. The fourth-order valence-electron chi connectivity index (χ4n) is 1.86. The lowest BCUT2D eigenvalue weighted by Crippen LogP contribution is -1.92. The molecule has 0 fully saturated rings. The van der Waals surface area contributed by atoms with Gasteiger partial charge in [-0.3, -0.25) is 9.78 Å². The molecule has 0 aliphatic carbocycles. The summed E-state index contributed by atoms with van der Waals surface area (Å²) in [7, 11) is 0. The third-order valence-corrected chi connectivity index (χ3v) is 2.71. The molecule has 2 N–H and O–H groups in total. The molecule has 0 aliphatic heterocycles. The number of amides is 1. The quantitative estimate of drug-likeness (QED) is 0.687. The van der Waals surface area contributed by atoms with E-state index in [0.717, 1.165) is 28.0 Å². The van der Waals surface area contributed by atoms with E-state index in [2.05, 4.69) is 20.3 Å². The molecule has 88 valence electrons. The molecule has 5 heteroatoms. The number of anilines is 1. The molecule has 3 aromatic rings. The molecule has 0 spiro atoms. The summed E-state index contributed by atoms with van der Waals surface area (Å²) in [5.41, 5.74) is 3.26. The van der Waals surface area contributed by atoms with E-state index >= 15 is 0 Å². The Morgan fingerprint density at radius 2 is 2.22 bits per heavy atom. The van der Waals surface area contributed by atoms with Crippen LogP contribution in [0.5, 0.6) is 0 Å². The Hall–Kier alpha value is -2.69. The number of rotatable bonds is 3. The number of aromatic amines is 1. The molecule has 0 saturated carbocycles. The van der Waals surface area contributed by atoms with Crippen LogP contribution in [-0.4, -0.2) is 21.4 Å². The van der Waals surface area contributed by atoms with Gasteiger partial charge in [0, 0.05) is 29.5 Å². The number of fused-ring (bicyclic) bond motifs is 1. The second-order valence-corrected chi connectivity index (χ2v) is 3.80. The van der Waals surface area contributed by atoms with Gasteiger partial charge in [0.2, 0.25) is 6.41 Å². The van der Waals surface area contributed by atoms with Crippen LogP contribution in [0.25, 0.3) is 22.3 Å². The highest BCUT2D eigenvalue weighted by atomic mass is 16.1. The number of hydrogen-bond donors (Lipinski definition) is 2. The van der Waals surface area contributed by atoms with Crippen molar-refractivity contribution in [2.45, 2.75) is 0 Å². The molecule has 3 aromatic heterocycles. The lowest BCUT2D eigenvalue weighted by molar-refractivity contribution is -0.105. The van der Waals surface area contributed by atoms with Gasteiger partial charge in [0.1, 0.15) is 5.65 Å². The monoisotopic (exact) mass is 238 g/mol. The van der Waals surface area contributed by atoms with E-state index in [1.54, 1.807) is 18.6 Å². The fourth-order valence-corrected chi connectivity index (χ4v) is 1.86. The van der Waals surface area contributed by atoms with Crippen molar-refractivity contribution in [3.05, 3.63) is 42.9 Å². The van der Waals surface area contributed by atoms with Gasteiger partial charge in [0.25, 0.3) is 0 Å². The maximum atomic E-state index is 10.5. The summed E-state index contributed by atoms with van der Waals surface area (Å²) in [4.78, 5) is 22.0. The van der Waals surface area contributed by atoms with Crippen molar-refractivity contribution in [3.8, 4) is 11.3 Å². The molecule has 0 atom stereocenters. The van der Waals surface area contributed by atoms with Gasteiger partial charge in [-0.25, -0.2) is 4.98 Å². The minimum atomic E-state index is 0.650. The molecule has 0 bridgehead atoms. The number of hydrogen-bond acceptors (Lipinski definition) is 3. The number of carbonyl (C=O) groups is 1. The van der Waals surface area contributed by atoms with Crippen LogP contribution in [0, 0.1) is 0 Å². The summed E-state index contributed by atoms with van der Waals surface area (Å²) in [6.45, 7) is 0. The predicted octanol–water partition coefficient (Wildman–Crippen LogP) is 2.19. The number of pyridine rings is 2. The molecule has 0 saturated heterocycles. The van der Waals surface area contributed by atoms with Crippen molar-refractivity contribution < 1.29 is 4.79 Å². The number of nitrogens with one attached hydrogen (secondary N) is 2. The molecule has 5 nitrogen and oxygen atoms in total. The van der Waals surface area contributed by atoms with Gasteiger partial charge in [-0.1, -0.05) is 0 Å². The van der Waals surface area contributed by atoms with E-state index in [1.807, 2.05) is 24.3 Å². The molecule has 3 rings (SSSR count). The highest BCUT2D eigenvalue weighted by Gasteiger charge is 2.06. The van der Waals surface area contributed by atoms with E-state index in [1.165, 1.54) is 0 Å². The van der Waals surface area contributed by atoms with Crippen molar-refractivity contribution >= 4 is 23.1 Å². The first-order valence-electron chi connectivity index (χ1n) is 5.47. The molecule has 0 aromatic carbocycles. The summed E-state index contributed by atoms with van der Waals surface area (Å²) < 4.78 is 0. The third-order valence-electron chi connectivity index (χ3n) is 2.71. The SMILES string of the molecule is O=CNc1c[nH]c2nc(-c3cccnc3)ccc12. The van der Waals surface area contributed by atoms with Crippen molar-refractivity contribution in [2.75, 3.05) is 5.32 Å². The molecule has 0 unspecified atom stereocenters. The van der Waals surface area contributed by atoms with E-state index in [-0.39, 0.29) is 0 Å². The molecular formula is C13H10N4O. The van der Waals surface area contributed by atoms with Gasteiger partial charge < -0.3 is 10.3 Å². The average Bonchev–Trinajstić information content (AvgIpc) is 2.83. The second-order valence-electron chi connectivity index (χ2n) is 3.80. The predicted molar refractivity (Wildman–Crippen MR) is 69.0 cm³/mol. The van der Waals surface area contributed by atoms with Crippen molar-refractivity contribution in [3.63, 3.8) is 0 Å². The zero-order valence-corrected chi connectivity index (χ0v) is 9.42. The third kappa shape index (κ3) is 1.71. The zero-order valence-electron chi connectivity index (χ0n) is 9.42. The zero-order chi connectivity index (χ0) is 12.4. The van der Waals surface area contributed by atoms with E-state index in [9.17, 15) is 4.79 Å². The number of nitrogens with zero attached hydrogens (tertiary/aromatic N) is 2. The van der Waals surface area contributed by atoms with Crippen LogP contribution in [0.2, 0.25) is 0 Å². The van der Waals surface area contributed by atoms with Gasteiger partial charge in [-0.05, 0) is 24.3 Å². The summed E-state index contributed by atoms with van der Waals surface area (Å²) in [5, 5.41) is 3.51. The first-order chi connectivity index (χ1) is 8.88. The lowest BCUT2D eigenvalue weighted by atomic mass is 10.2. The Balaban J connectivity index is 2.10. The molecule has 1 amide bonds. The number of aromatic nitrogens is 3. The molecular weight excluding hydrogens is 228 g/mol. The van der Waals surface area contributed by atoms with Gasteiger partial charge >= 0.3 is 0 Å². The molecule has 18 heavy (non-hydrogen) atoms. The average molecular weight is 238 g/mol.